The van der Waals surface area contributed by atoms with Gasteiger partial charge < -0.3 is 0 Å². The van der Waals surface area contributed by atoms with E-state index in [2.05, 4.69) is 24.3 Å². The molecule has 5 unspecified atom stereocenters. The summed E-state index contributed by atoms with van der Waals surface area (Å²) in [6.07, 6.45) is 14.6. The van der Waals surface area contributed by atoms with Crippen molar-refractivity contribution in [2.45, 2.75) is 29.3 Å². The molecule has 0 aromatic rings. The molecule has 3 rings (SSSR count). The third-order valence-corrected chi connectivity index (χ3v) is 13.9. The molecule has 3 aliphatic rings. The summed E-state index contributed by atoms with van der Waals surface area (Å²) < 4.78 is 18.3. The zero-order valence-electron chi connectivity index (χ0n) is 12.7. The maximum absolute atomic E-state index is 5.93. The van der Waals surface area contributed by atoms with Gasteiger partial charge in [0.25, 0.3) is 0 Å². The van der Waals surface area contributed by atoms with Gasteiger partial charge in [-0.1, -0.05) is 0 Å². The van der Waals surface area contributed by atoms with Crippen LogP contribution in [0.3, 0.4) is 0 Å². The summed E-state index contributed by atoms with van der Waals surface area (Å²) in [7, 11) is 5.36. The van der Waals surface area contributed by atoms with Gasteiger partial charge in [0, 0.05) is 0 Å². The van der Waals surface area contributed by atoms with Crippen LogP contribution in [-0.2, 0) is 30.0 Å². The second-order valence-corrected chi connectivity index (χ2v) is 13.9. The van der Waals surface area contributed by atoms with E-state index in [1.807, 2.05) is 0 Å². The van der Waals surface area contributed by atoms with Crippen LogP contribution >= 0.6 is 0 Å². The van der Waals surface area contributed by atoms with Gasteiger partial charge in [0.2, 0.25) is 0 Å². The van der Waals surface area contributed by atoms with Gasteiger partial charge in [-0.2, -0.15) is 0 Å². The van der Waals surface area contributed by atoms with Crippen molar-refractivity contribution >= 4 is 0 Å². The maximum atomic E-state index is 5.93. The second-order valence-electron chi connectivity index (χ2n) is 6.28. The Morgan fingerprint density at radius 1 is 0.800 bits per heavy atom. The predicted octanol–water partition coefficient (Wildman–Crippen LogP) is 3.79. The SMILES string of the molecule is C[O][Zr]([O]C)([O]C)[CH]1C2C=CC=CC2C2CCCCC21. The van der Waals surface area contributed by atoms with E-state index < -0.39 is 21.6 Å². The minimum absolute atomic E-state index is 0.487. The van der Waals surface area contributed by atoms with Gasteiger partial charge in [-0.25, -0.2) is 0 Å². The molecule has 0 bridgehead atoms. The summed E-state index contributed by atoms with van der Waals surface area (Å²) in [6, 6.07) is 0. The van der Waals surface area contributed by atoms with E-state index in [0.717, 1.165) is 11.8 Å². The molecule has 2 fully saturated rings. The Balaban J connectivity index is 1.99. The molecule has 112 valence electrons. The van der Waals surface area contributed by atoms with E-state index in [9.17, 15) is 0 Å². The molecule has 0 N–H and O–H groups in total. The quantitative estimate of drug-likeness (QED) is 0.766. The first-order chi connectivity index (χ1) is 9.77. The molecule has 3 aliphatic carbocycles. The Morgan fingerprint density at radius 3 is 1.95 bits per heavy atom. The molecule has 0 radical (unpaired) electrons. The number of hydrogen-bond donors (Lipinski definition) is 0. The van der Waals surface area contributed by atoms with Gasteiger partial charge >= 0.3 is 129 Å². The number of hydrogen-bond acceptors (Lipinski definition) is 3. The first kappa shape index (κ1) is 15.2. The Morgan fingerprint density at radius 2 is 1.35 bits per heavy atom. The first-order valence-corrected chi connectivity index (χ1v) is 12.2. The topological polar surface area (TPSA) is 27.7 Å². The van der Waals surface area contributed by atoms with Crippen molar-refractivity contribution < 1.29 is 30.0 Å². The van der Waals surface area contributed by atoms with Crippen LogP contribution in [0.2, 0.25) is 3.63 Å². The number of fused-ring (bicyclic) bond motifs is 3. The standard InChI is InChI=1S/C13H17.3CH3O.Zr/c1-3-7-12-10(5-1)9-11-6-2-4-8-13(11)12;3*1-2;/h1,3,5,7,9-13H,2,4,6,8H2;3*1H3;/q;3*-1;+3. The third kappa shape index (κ3) is 2.24. The van der Waals surface area contributed by atoms with Gasteiger partial charge in [-0.3, -0.25) is 0 Å². The van der Waals surface area contributed by atoms with Crippen molar-refractivity contribution in [2.75, 3.05) is 21.3 Å². The van der Waals surface area contributed by atoms with Crippen LogP contribution in [0, 0.1) is 23.7 Å². The van der Waals surface area contributed by atoms with E-state index >= 15 is 0 Å². The van der Waals surface area contributed by atoms with Crippen LogP contribution in [-0.4, -0.2) is 21.3 Å². The van der Waals surface area contributed by atoms with Gasteiger partial charge in [-0.15, -0.1) is 0 Å². The van der Waals surface area contributed by atoms with Crippen molar-refractivity contribution in [3.05, 3.63) is 24.3 Å². The van der Waals surface area contributed by atoms with Crippen LogP contribution in [0.4, 0.5) is 0 Å². The summed E-state index contributed by atoms with van der Waals surface area (Å²) >= 11 is -3.45. The monoisotopic (exact) mass is 356 g/mol. The van der Waals surface area contributed by atoms with Gasteiger partial charge in [0.15, 0.2) is 0 Å². The second kappa shape index (κ2) is 6.16. The fraction of sp³-hybridized carbons (Fsp3) is 0.750. The molecule has 0 aromatic heterocycles. The van der Waals surface area contributed by atoms with Crippen LogP contribution < -0.4 is 0 Å². The molecule has 2 saturated carbocycles. The summed E-state index contributed by atoms with van der Waals surface area (Å²) in [4.78, 5) is 0. The van der Waals surface area contributed by atoms with Crippen LogP contribution in [0.15, 0.2) is 24.3 Å². The number of rotatable bonds is 4. The van der Waals surface area contributed by atoms with Gasteiger partial charge in [0.1, 0.15) is 0 Å². The Bertz CT molecular complexity index is 394. The minimum atomic E-state index is -3.45. The molecule has 20 heavy (non-hydrogen) atoms. The number of allylic oxidation sites excluding steroid dienone is 4. The molecule has 5 atom stereocenters. The summed E-state index contributed by atoms with van der Waals surface area (Å²) in [5.74, 6) is 2.76. The zero-order chi connectivity index (χ0) is 14.2. The molecule has 4 heteroatoms. The molecule has 0 aliphatic heterocycles. The fourth-order valence-corrected chi connectivity index (χ4v) is 12.5. The van der Waals surface area contributed by atoms with E-state index in [0.29, 0.717) is 15.5 Å². The fourth-order valence-electron chi connectivity index (χ4n) is 4.98. The molecule has 0 aromatic carbocycles. The molecular weight excluding hydrogens is 331 g/mol. The van der Waals surface area contributed by atoms with Gasteiger partial charge in [0.05, 0.1) is 0 Å². The van der Waals surface area contributed by atoms with E-state index in [-0.39, 0.29) is 0 Å². The predicted molar refractivity (Wildman–Crippen MR) is 75.5 cm³/mol. The molecule has 0 spiro atoms. The summed E-state index contributed by atoms with van der Waals surface area (Å²) in [5, 5.41) is 0. The normalized spacial score (nSPS) is 39.6. The van der Waals surface area contributed by atoms with Crippen LogP contribution in [0.25, 0.3) is 0 Å². The summed E-state index contributed by atoms with van der Waals surface area (Å²) in [6.45, 7) is 0. The Labute approximate surface area is 128 Å². The van der Waals surface area contributed by atoms with E-state index in [1.165, 1.54) is 25.7 Å². The molecule has 0 amide bonds. The first-order valence-electron chi connectivity index (χ1n) is 7.78. The Kier molecular flexibility index (Phi) is 4.67. The van der Waals surface area contributed by atoms with Crippen molar-refractivity contribution in [1.29, 1.82) is 0 Å². The average molecular weight is 358 g/mol. The molecule has 0 heterocycles. The summed E-state index contributed by atoms with van der Waals surface area (Å²) in [5.41, 5.74) is 0. The third-order valence-electron chi connectivity index (χ3n) is 5.73. The average Bonchev–Trinajstić information content (AvgIpc) is 2.86. The van der Waals surface area contributed by atoms with Crippen molar-refractivity contribution in [2.24, 2.45) is 23.7 Å². The van der Waals surface area contributed by atoms with Crippen molar-refractivity contribution in [1.82, 2.24) is 0 Å². The van der Waals surface area contributed by atoms with Gasteiger partial charge in [-0.05, 0) is 0 Å². The van der Waals surface area contributed by atoms with E-state index in [1.54, 1.807) is 21.3 Å². The van der Waals surface area contributed by atoms with E-state index in [4.69, 9.17) is 8.44 Å². The molecule has 3 nitrogen and oxygen atoms in total. The van der Waals surface area contributed by atoms with Crippen molar-refractivity contribution in [3.63, 3.8) is 0 Å². The zero-order valence-corrected chi connectivity index (χ0v) is 15.2. The van der Waals surface area contributed by atoms with Crippen molar-refractivity contribution in [3.8, 4) is 0 Å². The molecule has 0 saturated heterocycles. The van der Waals surface area contributed by atoms with Crippen LogP contribution in [0.5, 0.6) is 0 Å². The molecular formula is C16H26O3Zr. The van der Waals surface area contributed by atoms with Crippen LogP contribution in [0.1, 0.15) is 25.7 Å². The Hall–Kier alpha value is 0.243.